The van der Waals surface area contributed by atoms with Crippen LogP contribution >= 0.6 is 0 Å². The largest absolute Gasteiger partial charge is 0.461 e. The van der Waals surface area contributed by atoms with Crippen LogP contribution in [0.1, 0.15) is 25.7 Å². The van der Waals surface area contributed by atoms with Crippen LogP contribution < -0.4 is 14.8 Å². The fourth-order valence-electron chi connectivity index (χ4n) is 6.69. The van der Waals surface area contributed by atoms with E-state index >= 15 is 4.39 Å². The number of benzene rings is 2. The number of rotatable bonds is 7. The Balaban J connectivity index is 1.33. The molecule has 3 aliphatic heterocycles. The molecule has 0 amide bonds. The Labute approximate surface area is 243 Å². The third-order valence-electron chi connectivity index (χ3n) is 8.60. The van der Waals surface area contributed by atoms with Crippen molar-refractivity contribution in [3.8, 4) is 17.3 Å². The van der Waals surface area contributed by atoms with Crippen LogP contribution in [0.3, 0.4) is 0 Å². The van der Waals surface area contributed by atoms with Crippen LogP contribution in [0.2, 0.25) is 0 Å². The van der Waals surface area contributed by atoms with Gasteiger partial charge in [0.1, 0.15) is 23.6 Å². The summed E-state index contributed by atoms with van der Waals surface area (Å²) in [4.78, 5) is 18.1. The van der Waals surface area contributed by atoms with Crippen LogP contribution in [0.5, 0.6) is 6.01 Å². The lowest BCUT2D eigenvalue weighted by Crippen LogP contribution is -2.43. The molecule has 3 aliphatic rings. The second-order valence-electron chi connectivity index (χ2n) is 11.3. The second-order valence-corrected chi connectivity index (χ2v) is 13.0. The maximum atomic E-state index is 16.5. The zero-order valence-corrected chi connectivity index (χ0v) is 23.9. The SMILES string of the molecule is NS(=O)(=O)CC1=CC=CN(c2nc(OCC34CCCN3CCC4)nc3c(F)c(-c4cccc5ccccc45)ncc23)C1. The number of fused-ring (bicyclic) bond motifs is 3. The molecule has 11 heteroatoms. The Kier molecular flexibility index (Phi) is 6.68. The van der Waals surface area contributed by atoms with Gasteiger partial charge in [-0.05, 0) is 61.2 Å². The number of pyridine rings is 1. The first-order valence-corrected chi connectivity index (χ1v) is 15.9. The van der Waals surface area contributed by atoms with E-state index in [1.165, 1.54) is 0 Å². The van der Waals surface area contributed by atoms with Crippen molar-refractivity contribution in [1.82, 2.24) is 19.9 Å². The van der Waals surface area contributed by atoms with Crippen LogP contribution in [0, 0.1) is 5.82 Å². The molecule has 0 bridgehead atoms. The van der Waals surface area contributed by atoms with Gasteiger partial charge in [0.05, 0.1) is 16.7 Å². The van der Waals surface area contributed by atoms with Gasteiger partial charge in [-0.2, -0.15) is 9.97 Å². The highest BCUT2D eigenvalue weighted by Crippen LogP contribution is 2.40. The Morgan fingerprint density at radius 2 is 1.81 bits per heavy atom. The molecular weight excluding hydrogens is 555 g/mol. The van der Waals surface area contributed by atoms with E-state index in [0.717, 1.165) is 49.5 Å². The lowest BCUT2D eigenvalue weighted by atomic mass is 9.95. The molecule has 216 valence electrons. The van der Waals surface area contributed by atoms with Crippen molar-refractivity contribution < 1.29 is 17.5 Å². The predicted octanol–water partition coefficient (Wildman–Crippen LogP) is 4.54. The van der Waals surface area contributed by atoms with Gasteiger partial charge < -0.3 is 9.64 Å². The average molecular weight is 587 g/mol. The number of ether oxygens (including phenoxy) is 1. The second kappa shape index (κ2) is 10.4. The average Bonchev–Trinajstić information content (AvgIpc) is 3.56. The first-order chi connectivity index (χ1) is 20.3. The summed E-state index contributed by atoms with van der Waals surface area (Å²) in [5, 5.41) is 7.58. The smallest absolute Gasteiger partial charge is 0.319 e. The third-order valence-corrected chi connectivity index (χ3v) is 9.37. The van der Waals surface area contributed by atoms with Gasteiger partial charge in [0.2, 0.25) is 10.0 Å². The maximum absolute atomic E-state index is 16.5. The molecular formula is C31H31FN6O3S. The fourth-order valence-corrected chi connectivity index (χ4v) is 7.39. The van der Waals surface area contributed by atoms with Gasteiger partial charge in [0, 0.05) is 24.5 Å². The molecule has 0 saturated carbocycles. The highest BCUT2D eigenvalue weighted by atomic mass is 32.2. The van der Waals surface area contributed by atoms with E-state index in [2.05, 4.69) is 14.9 Å². The standard InChI is InChI=1S/C31H31FN6O3S/c32-26-27(24-11-3-9-22-8-1-2-10-23(22)24)34-17-25-28(26)35-30(41-20-31-12-5-15-38(31)16-6-13-31)36-29(25)37-14-4-7-21(18-37)19-42(33,39)40/h1-4,7-11,14,17H,5-6,12-13,15-16,18-20H2,(H2,33,39,40). The van der Waals surface area contributed by atoms with E-state index in [1.807, 2.05) is 42.5 Å². The van der Waals surface area contributed by atoms with Crippen molar-refractivity contribution in [2.45, 2.75) is 31.2 Å². The monoisotopic (exact) mass is 586 g/mol. The number of hydrogen-bond acceptors (Lipinski definition) is 8. The summed E-state index contributed by atoms with van der Waals surface area (Å²) in [5.41, 5.74) is 1.49. The summed E-state index contributed by atoms with van der Waals surface area (Å²) in [6, 6.07) is 13.6. The van der Waals surface area contributed by atoms with Crippen LogP contribution in [0.4, 0.5) is 10.2 Å². The predicted molar refractivity (Wildman–Crippen MR) is 161 cm³/mol. The number of allylic oxidation sites excluding steroid dienone is 2. The molecule has 2 aromatic carbocycles. The highest BCUT2D eigenvalue weighted by molar-refractivity contribution is 7.89. The van der Waals surface area contributed by atoms with Crippen LogP contribution in [-0.2, 0) is 10.0 Å². The molecule has 2 N–H and O–H groups in total. The van der Waals surface area contributed by atoms with Crippen LogP contribution in [-0.4, -0.2) is 65.8 Å². The first-order valence-electron chi connectivity index (χ1n) is 14.2. The van der Waals surface area contributed by atoms with Crippen molar-refractivity contribution in [3.63, 3.8) is 0 Å². The maximum Gasteiger partial charge on any atom is 0.319 e. The quantitative estimate of drug-likeness (QED) is 0.336. The third kappa shape index (κ3) is 4.91. The number of anilines is 1. The van der Waals surface area contributed by atoms with Crippen molar-refractivity contribution in [1.29, 1.82) is 0 Å². The van der Waals surface area contributed by atoms with Gasteiger partial charge in [0.15, 0.2) is 5.82 Å². The minimum absolute atomic E-state index is 0.0419. The molecule has 0 unspecified atom stereocenters. The fraction of sp³-hybridized carbons (Fsp3) is 0.323. The molecule has 42 heavy (non-hydrogen) atoms. The van der Waals surface area contributed by atoms with Crippen molar-refractivity contribution in [2.75, 3.05) is 36.9 Å². The molecule has 5 heterocycles. The summed E-state index contributed by atoms with van der Waals surface area (Å²) in [7, 11) is -3.73. The van der Waals surface area contributed by atoms with Crippen molar-refractivity contribution in [3.05, 3.63) is 78.4 Å². The van der Waals surface area contributed by atoms with Crippen molar-refractivity contribution >= 4 is 37.5 Å². The summed E-state index contributed by atoms with van der Waals surface area (Å²) >= 11 is 0. The Morgan fingerprint density at radius 1 is 1.02 bits per heavy atom. The van der Waals surface area contributed by atoms with Crippen molar-refractivity contribution in [2.24, 2.45) is 5.14 Å². The molecule has 2 fully saturated rings. The molecule has 2 saturated heterocycles. The molecule has 0 spiro atoms. The number of nitrogens with two attached hydrogens (primary N) is 1. The van der Waals surface area contributed by atoms with Gasteiger partial charge in [-0.1, -0.05) is 48.5 Å². The van der Waals surface area contributed by atoms with E-state index in [-0.39, 0.29) is 35.1 Å². The van der Waals surface area contributed by atoms with Gasteiger partial charge in [-0.15, -0.1) is 0 Å². The summed E-state index contributed by atoms with van der Waals surface area (Å²) < 4.78 is 46.4. The summed E-state index contributed by atoms with van der Waals surface area (Å²) in [6.07, 6.45) is 11.1. The number of halogens is 1. The Hall–Kier alpha value is -3.93. The van der Waals surface area contributed by atoms with Gasteiger partial charge in [-0.3, -0.25) is 9.88 Å². The topological polar surface area (TPSA) is 115 Å². The first kappa shape index (κ1) is 26.9. The lowest BCUT2D eigenvalue weighted by molar-refractivity contribution is 0.108. The zero-order chi connectivity index (χ0) is 28.9. The molecule has 0 radical (unpaired) electrons. The minimum atomic E-state index is -3.73. The van der Waals surface area contributed by atoms with Gasteiger partial charge >= 0.3 is 6.01 Å². The summed E-state index contributed by atoms with van der Waals surface area (Å²) in [5.74, 6) is -0.481. The van der Waals surface area contributed by atoms with E-state index in [9.17, 15) is 8.42 Å². The lowest BCUT2D eigenvalue weighted by Gasteiger charge is -2.31. The molecule has 2 aromatic heterocycles. The van der Waals surface area contributed by atoms with E-state index < -0.39 is 15.8 Å². The van der Waals surface area contributed by atoms with Crippen LogP contribution in [0.25, 0.3) is 32.9 Å². The Bertz CT molecular complexity index is 1860. The van der Waals surface area contributed by atoms with E-state index in [0.29, 0.717) is 28.9 Å². The molecule has 4 aromatic rings. The molecule has 9 nitrogen and oxygen atoms in total. The number of aromatic nitrogens is 3. The Morgan fingerprint density at radius 3 is 2.62 bits per heavy atom. The number of sulfonamides is 1. The highest BCUT2D eigenvalue weighted by Gasteiger charge is 2.45. The minimum Gasteiger partial charge on any atom is -0.461 e. The molecule has 0 aliphatic carbocycles. The number of hydrogen-bond donors (Lipinski definition) is 1. The van der Waals surface area contributed by atoms with Gasteiger partial charge in [0.25, 0.3) is 0 Å². The zero-order valence-electron chi connectivity index (χ0n) is 23.0. The van der Waals surface area contributed by atoms with E-state index in [4.69, 9.17) is 14.9 Å². The molecule has 7 rings (SSSR count). The molecule has 0 atom stereocenters. The number of primary sulfonamides is 1. The van der Waals surface area contributed by atoms with E-state index in [1.54, 1.807) is 29.4 Å². The normalized spacial score (nSPS) is 18.5. The van der Waals surface area contributed by atoms with Gasteiger partial charge in [-0.25, -0.2) is 17.9 Å². The number of nitrogens with zero attached hydrogens (tertiary/aromatic N) is 5. The van der Waals surface area contributed by atoms with Crippen LogP contribution in [0.15, 0.2) is 72.6 Å². The summed E-state index contributed by atoms with van der Waals surface area (Å²) in [6.45, 7) is 2.75.